The molecule has 0 aliphatic carbocycles. The normalized spacial score (nSPS) is 16.9. The SMILES string of the molecule is COc1cc(N2CCN(S(=O)(=O)N(C)C)CC2)nc(OC)n1. The van der Waals surface area contributed by atoms with Gasteiger partial charge in [0.25, 0.3) is 10.2 Å². The third-order valence-corrected chi connectivity index (χ3v) is 5.35. The van der Waals surface area contributed by atoms with Crippen LogP contribution in [-0.4, -0.2) is 81.5 Å². The number of rotatable bonds is 5. The van der Waals surface area contributed by atoms with Crippen molar-refractivity contribution in [1.82, 2.24) is 18.6 Å². The first kappa shape index (κ1) is 16.7. The van der Waals surface area contributed by atoms with Gasteiger partial charge in [-0.15, -0.1) is 0 Å². The fourth-order valence-electron chi connectivity index (χ4n) is 2.13. The summed E-state index contributed by atoms with van der Waals surface area (Å²) in [6.45, 7) is 1.87. The summed E-state index contributed by atoms with van der Waals surface area (Å²) in [6, 6.07) is 1.93. The second kappa shape index (κ2) is 6.63. The third kappa shape index (κ3) is 3.39. The van der Waals surface area contributed by atoms with Gasteiger partial charge in [-0.3, -0.25) is 0 Å². The molecule has 22 heavy (non-hydrogen) atoms. The van der Waals surface area contributed by atoms with Gasteiger partial charge >= 0.3 is 6.01 Å². The molecule has 1 aromatic rings. The Hall–Kier alpha value is -1.65. The summed E-state index contributed by atoms with van der Waals surface area (Å²) in [5.74, 6) is 1.07. The van der Waals surface area contributed by atoms with E-state index < -0.39 is 10.2 Å². The van der Waals surface area contributed by atoms with E-state index >= 15 is 0 Å². The van der Waals surface area contributed by atoms with Crippen molar-refractivity contribution < 1.29 is 17.9 Å². The van der Waals surface area contributed by atoms with Gasteiger partial charge in [0.05, 0.1) is 14.2 Å². The molecule has 0 bridgehead atoms. The highest BCUT2D eigenvalue weighted by Crippen LogP contribution is 2.22. The molecule has 2 heterocycles. The molecule has 0 radical (unpaired) electrons. The quantitative estimate of drug-likeness (QED) is 0.713. The maximum atomic E-state index is 12.1. The van der Waals surface area contributed by atoms with Gasteiger partial charge in [0.2, 0.25) is 5.88 Å². The average Bonchev–Trinajstić information content (AvgIpc) is 2.54. The highest BCUT2D eigenvalue weighted by atomic mass is 32.2. The van der Waals surface area contributed by atoms with Gasteiger partial charge in [0, 0.05) is 46.3 Å². The predicted molar refractivity (Wildman–Crippen MR) is 81.5 cm³/mol. The number of hydrogen-bond acceptors (Lipinski definition) is 7. The number of hydrogen-bond donors (Lipinski definition) is 0. The lowest BCUT2D eigenvalue weighted by molar-refractivity contribution is 0.344. The van der Waals surface area contributed by atoms with Gasteiger partial charge in [0.1, 0.15) is 5.82 Å². The van der Waals surface area contributed by atoms with Gasteiger partial charge in [-0.1, -0.05) is 0 Å². The van der Waals surface area contributed by atoms with Gasteiger partial charge in [-0.05, 0) is 0 Å². The van der Waals surface area contributed by atoms with E-state index in [1.54, 1.807) is 6.07 Å². The number of nitrogens with zero attached hydrogens (tertiary/aromatic N) is 5. The molecule has 1 fully saturated rings. The van der Waals surface area contributed by atoms with Crippen molar-refractivity contribution in [3.05, 3.63) is 6.07 Å². The largest absolute Gasteiger partial charge is 0.481 e. The molecule has 2 rings (SSSR count). The summed E-state index contributed by atoms with van der Waals surface area (Å²) >= 11 is 0. The van der Waals surface area contributed by atoms with Crippen LogP contribution in [0.3, 0.4) is 0 Å². The van der Waals surface area contributed by atoms with Crippen LogP contribution in [0.25, 0.3) is 0 Å². The van der Waals surface area contributed by atoms with E-state index in [1.807, 2.05) is 4.90 Å². The van der Waals surface area contributed by atoms with Crippen LogP contribution in [0.15, 0.2) is 6.07 Å². The van der Waals surface area contributed by atoms with Crippen molar-refractivity contribution in [2.45, 2.75) is 0 Å². The van der Waals surface area contributed by atoms with E-state index in [1.165, 1.54) is 36.9 Å². The molecule has 1 aromatic heterocycles. The van der Waals surface area contributed by atoms with Crippen LogP contribution < -0.4 is 14.4 Å². The molecule has 1 aliphatic heterocycles. The van der Waals surface area contributed by atoms with Crippen molar-refractivity contribution in [3.8, 4) is 11.9 Å². The Morgan fingerprint density at radius 3 is 2.23 bits per heavy atom. The summed E-state index contributed by atoms with van der Waals surface area (Å²) in [5, 5.41) is 0. The Morgan fingerprint density at radius 2 is 1.73 bits per heavy atom. The second-order valence-corrected chi connectivity index (χ2v) is 7.07. The first-order valence-corrected chi connectivity index (χ1v) is 8.17. The van der Waals surface area contributed by atoms with Gasteiger partial charge < -0.3 is 14.4 Å². The standard InChI is InChI=1S/C12H21N5O4S/c1-15(2)22(18,19)17-7-5-16(6-8-17)10-9-11(20-3)14-12(13-10)21-4/h9H,5-8H2,1-4H3. The summed E-state index contributed by atoms with van der Waals surface area (Å²) in [4.78, 5) is 10.3. The highest BCUT2D eigenvalue weighted by Gasteiger charge is 2.29. The van der Waals surface area contributed by atoms with E-state index in [4.69, 9.17) is 9.47 Å². The van der Waals surface area contributed by atoms with Crippen LogP contribution in [0.4, 0.5) is 5.82 Å². The Bertz CT molecular complexity index is 592. The van der Waals surface area contributed by atoms with Crippen LogP contribution in [0.1, 0.15) is 0 Å². The Labute approximate surface area is 130 Å². The first-order chi connectivity index (χ1) is 10.4. The van der Waals surface area contributed by atoms with Crippen molar-refractivity contribution in [3.63, 3.8) is 0 Å². The molecule has 0 saturated carbocycles. The van der Waals surface area contributed by atoms with Crippen LogP contribution >= 0.6 is 0 Å². The first-order valence-electron chi connectivity index (χ1n) is 6.78. The van der Waals surface area contributed by atoms with Crippen LogP contribution in [0.5, 0.6) is 11.9 Å². The van der Waals surface area contributed by atoms with Crippen molar-refractivity contribution in [1.29, 1.82) is 0 Å². The molecular formula is C12H21N5O4S. The van der Waals surface area contributed by atoms with Gasteiger partial charge in [-0.25, -0.2) is 0 Å². The third-order valence-electron chi connectivity index (χ3n) is 3.41. The predicted octanol–water partition coefficient (Wildman–Crippen LogP) is -0.578. The van der Waals surface area contributed by atoms with Crippen molar-refractivity contribution >= 4 is 16.0 Å². The number of anilines is 1. The van der Waals surface area contributed by atoms with E-state index in [-0.39, 0.29) is 6.01 Å². The summed E-state index contributed by atoms with van der Waals surface area (Å²) < 4.78 is 37.1. The molecule has 0 amide bonds. The summed E-state index contributed by atoms with van der Waals surface area (Å²) in [5.41, 5.74) is 0. The molecule has 0 atom stereocenters. The van der Waals surface area contributed by atoms with E-state index in [2.05, 4.69) is 9.97 Å². The molecule has 0 spiro atoms. The second-order valence-electron chi connectivity index (χ2n) is 4.93. The molecule has 1 aliphatic rings. The lowest BCUT2D eigenvalue weighted by Gasteiger charge is -2.35. The Morgan fingerprint density at radius 1 is 1.09 bits per heavy atom. The van der Waals surface area contributed by atoms with Crippen molar-refractivity contribution in [2.75, 3.05) is 59.4 Å². The van der Waals surface area contributed by atoms with Crippen LogP contribution in [0.2, 0.25) is 0 Å². The summed E-state index contributed by atoms with van der Waals surface area (Å²) in [6.07, 6.45) is 0. The zero-order valence-corrected chi connectivity index (χ0v) is 14.0. The highest BCUT2D eigenvalue weighted by molar-refractivity contribution is 7.86. The molecule has 124 valence electrons. The van der Waals surface area contributed by atoms with Crippen LogP contribution in [0, 0.1) is 0 Å². The van der Waals surface area contributed by atoms with Gasteiger partial charge in [-0.2, -0.15) is 27.0 Å². The van der Waals surface area contributed by atoms with E-state index in [0.29, 0.717) is 37.9 Å². The monoisotopic (exact) mass is 331 g/mol. The number of ether oxygens (including phenoxy) is 2. The zero-order chi connectivity index (χ0) is 16.3. The van der Waals surface area contributed by atoms with E-state index in [9.17, 15) is 8.42 Å². The maximum Gasteiger partial charge on any atom is 0.321 e. The average molecular weight is 331 g/mol. The number of piperazine rings is 1. The molecule has 0 aromatic carbocycles. The fraction of sp³-hybridized carbons (Fsp3) is 0.667. The van der Waals surface area contributed by atoms with Gasteiger partial charge in [0.15, 0.2) is 0 Å². The summed E-state index contributed by atoms with van der Waals surface area (Å²) in [7, 11) is 2.69. The minimum Gasteiger partial charge on any atom is -0.481 e. The number of aromatic nitrogens is 2. The number of methoxy groups -OCH3 is 2. The molecular weight excluding hydrogens is 310 g/mol. The molecule has 1 saturated heterocycles. The van der Waals surface area contributed by atoms with E-state index in [0.717, 1.165) is 0 Å². The maximum absolute atomic E-state index is 12.1. The Balaban J connectivity index is 2.12. The lowest BCUT2D eigenvalue weighted by atomic mass is 10.3. The minimum absolute atomic E-state index is 0.220. The Kier molecular flexibility index (Phi) is 5.04. The minimum atomic E-state index is -3.37. The zero-order valence-electron chi connectivity index (χ0n) is 13.2. The topological polar surface area (TPSA) is 88.1 Å². The molecule has 9 nitrogen and oxygen atoms in total. The fourth-order valence-corrected chi connectivity index (χ4v) is 3.22. The smallest absolute Gasteiger partial charge is 0.321 e. The lowest BCUT2D eigenvalue weighted by Crippen LogP contribution is -2.51. The van der Waals surface area contributed by atoms with Crippen LogP contribution in [-0.2, 0) is 10.2 Å². The van der Waals surface area contributed by atoms with Crippen molar-refractivity contribution in [2.24, 2.45) is 0 Å². The molecule has 0 N–H and O–H groups in total. The molecule has 0 unspecified atom stereocenters. The molecule has 10 heteroatoms.